The van der Waals surface area contributed by atoms with E-state index in [9.17, 15) is 4.79 Å². The van der Waals surface area contributed by atoms with Crippen molar-refractivity contribution in [1.29, 1.82) is 0 Å². The highest BCUT2D eigenvalue weighted by Crippen LogP contribution is 2.23. The maximum atomic E-state index is 11.5. The van der Waals surface area contributed by atoms with Crippen LogP contribution in [-0.4, -0.2) is 74.3 Å². The molecule has 1 amide bonds. The van der Waals surface area contributed by atoms with Gasteiger partial charge in [-0.2, -0.15) is 0 Å². The van der Waals surface area contributed by atoms with Gasteiger partial charge in [0.05, 0.1) is 7.11 Å². The number of carbonyl (C=O) groups is 1. The van der Waals surface area contributed by atoms with Gasteiger partial charge in [0.25, 0.3) is 0 Å². The monoisotopic (exact) mass is 325 g/mol. The third-order valence-corrected chi connectivity index (χ3v) is 4.89. The summed E-state index contributed by atoms with van der Waals surface area (Å²) in [7, 11) is 1.42. The highest BCUT2D eigenvalue weighted by Gasteiger charge is 2.32. The van der Waals surface area contributed by atoms with E-state index in [4.69, 9.17) is 14.3 Å². The van der Waals surface area contributed by atoms with Gasteiger partial charge in [0.2, 0.25) is 5.90 Å². The maximum Gasteiger partial charge on any atom is 0.409 e. The zero-order chi connectivity index (χ0) is 16.1. The van der Waals surface area contributed by atoms with E-state index in [1.165, 1.54) is 26.4 Å². The molecule has 23 heavy (non-hydrogen) atoms. The molecule has 0 bridgehead atoms. The Kier molecular flexibility index (Phi) is 5.59. The van der Waals surface area contributed by atoms with Gasteiger partial charge in [-0.3, -0.25) is 4.90 Å². The number of hydrogen-bond donors (Lipinski definition) is 0. The molecule has 3 heterocycles. The van der Waals surface area contributed by atoms with E-state index >= 15 is 0 Å². The topological polar surface area (TPSA) is 63.6 Å². The van der Waals surface area contributed by atoms with Gasteiger partial charge < -0.3 is 19.2 Å². The molecule has 0 N–H and O–H groups in total. The van der Waals surface area contributed by atoms with Gasteiger partial charge in [0.15, 0.2) is 6.61 Å². The standard InChI is InChI=1S/C16H27N3O4/c1-21-16(20)19-9-5-13(6-10-19)15-17-22-12-14(23-15)11-18-7-3-2-4-8-18/h13-14H,2-12H2,1H3. The highest BCUT2D eigenvalue weighted by atomic mass is 16.7. The molecule has 1 atom stereocenters. The molecule has 130 valence electrons. The van der Waals surface area contributed by atoms with Crippen molar-refractivity contribution in [2.24, 2.45) is 11.1 Å². The fourth-order valence-electron chi connectivity index (χ4n) is 3.54. The molecule has 0 radical (unpaired) electrons. The third-order valence-electron chi connectivity index (χ3n) is 4.89. The lowest BCUT2D eigenvalue weighted by Crippen LogP contribution is -2.45. The number of piperidine rings is 2. The van der Waals surface area contributed by atoms with Crippen LogP contribution in [0.4, 0.5) is 4.79 Å². The van der Waals surface area contributed by atoms with Crippen molar-refractivity contribution >= 4 is 12.0 Å². The predicted molar refractivity (Wildman–Crippen MR) is 85.3 cm³/mol. The first-order valence-corrected chi connectivity index (χ1v) is 8.68. The van der Waals surface area contributed by atoms with Crippen LogP contribution in [0.15, 0.2) is 5.16 Å². The fraction of sp³-hybridized carbons (Fsp3) is 0.875. The molecule has 3 rings (SSSR count). The molecular weight excluding hydrogens is 298 g/mol. The Morgan fingerprint density at radius 3 is 2.65 bits per heavy atom. The molecule has 1 unspecified atom stereocenters. The molecule has 3 aliphatic heterocycles. The summed E-state index contributed by atoms with van der Waals surface area (Å²) in [6.07, 6.45) is 5.39. The lowest BCUT2D eigenvalue weighted by Gasteiger charge is -2.35. The second-order valence-corrected chi connectivity index (χ2v) is 6.56. The molecule has 0 saturated carbocycles. The van der Waals surface area contributed by atoms with Crippen LogP contribution >= 0.6 is 0 Å². The molecular formula is C16H27N3O4. The van der Waals surface area contributed by atoms with Crippen LogP contribution in [0.1, 0.15) is 32.1 Å². The molecule has 0 aromatic rings. The van der Waals surface area contributed by atoms with E-state index < -0.39 is 0 Å². The van der Waals surface area contributed by atoms with Crippen LogP contribution in [-0.2, 0) is 14.3 Å². The van der Waals surface area contributed by atoms with Gasteiger partial charge in [0.1, 0.15) is 6.10 Å². The first-order valence-electron chi connectivity index (χ1n) is 8.68. The van der Waals surface area contributed by atoms with E-state index in [1.807, 2.05) is 0 Å². The Labute approximate surface area is 137 Å². The summed E-state index contributed by atoms with van der Waals surface area (Å²) < 4.78 is 10.9. The number of ether oxygens (including phenoxy) is 2. The third kappa shape index (κ3) is 4.28. The zero-order valence-corrected chi connectivity index (χ0v) is 13.9. The SMILES string of the molecule is COC(=O)N1CCC(C2=NOCC(CN3CCCCC3)O2)CC1. The quantitative estimate of drug-likeness (QED) is 0.790. The first kappa shape index (κ1) is 16.4. The lowest BCUT2D eigenvalue weighted by molar-refractivity contribution is -0.0175. The number of likely N-dealkylation sites (tertiary alicyclic amines) is 2. The lowest BCUT2D eigenvalue weighted by atomic mass is 9.96. The summed E-state index contributed by atoms with van der Waals surface area (Å²) in [6, 6.07) is 0. The minimum Gasteiger partial charge on any atom is -0.470 e. The van der Waals surface area contributed by atoms with Gasteiger partial charge in [-0.05, 0) is 38.8 Å². The van der Waals surface area contributed by atoms with Crippen LogP contribution in [0.3, 0.4) is 0 Å². The number of amides is 1. The van der Waals surface area contributed by atoms with Gasteiger partial charge in [-0.1, -0.05) is 11.6 Å². The van der Waals surface area contributed by atoms with Gasteiger partial charge >= 0.3 is 6.09 Å². The number of methoxy groups -OCH3 is 1. The molecule has 7 nitrogen and oxygen atoms in total. The van der Waals surface area contributed by atoms with E-state index in [2.05, 4.69) is 10.1 Å². The zero-order valence-electron chi connectivity index (χ0n) is 13.9. The number of carbonyl (C=O) groups excluding carboxylic acids is 1. The van der Waals surface area contributed by atoms with Crippen molar-refractivity contribution in [3.05, 3.63) is 0 Å². The highest BCUT2D eigenvalue weighted by molar-refractivity contribution is 5.79. The van der Waals surface area contributed by atoms with Crippen LogP contribution in [0.2, 0.25) is 0 Å². The fourth-order valence-corrected chi connectivity index (χ4v) is 3.54. The number of oxime groups is 1. The Bertz CT molecular complexity index is 429. The molecule has 2 saturated heterocycles. The Morgan fingerprint density at radius 1 is 1.22 bits per heavy atom. The average Bonchev–Trinajstić information content (AvgIpc) is 2.62. The van der Waals surface area contributed by atoms with Crippen molar-refractivity contribution in [2.45, 2.75) is 38.2 Å². The smallest absolute Gasteiger partial charge is 0.409 e. The Balaban J connectivity index is 1.47. The molecule has 7 heteroatoms. The van der Waals surface area contributed by atoms with Crippen molar-refractivity contribution in [2.75, 3.05) is 46.4 Å². The van der Waals surface area contributed by atoms with Crippen molar-refractivity contribution in [3.63, 3.8) is 0 Å². The molecule has 0 spiro atoms. The van der Waals surface area contributed by atoms with Gasteiger partial charge in [-0.15, -0.1) is 0 Å². The molecule has 0 aromatic carbocycles. The summed E-state index contributed by atoms with van der Waals surface area (Å²) >= 11 is 0. The van der Waals surface area contributed by atoms with Crippen LogP contribution in [0.25, 0.3) is 0 Å². The molecule has 3 aliphatic rings. The van der Waals surface area contributed by atoms with Crippen LogP contribution < -0.4 is 0 Å². The van der Waals surface area contributed by atoms with Crippen LogP contribution in [0.5, 0.6) is 0 Å². The molecule has 0 aromatic heterocycles. The second-order valence-electron chi connectivity index (χ2n) is 6.56. The largest absolute Gasteiger partial charge is 0.470 e. The van der Waals surface area contributed by atoms with E-state index in [0.717, 1.165) is 32.5 Å². The molecule has 2 fully saturated rings. The summed E-state index contributed by atoms with van der Waals surface area (Å²) in [6.45, 7) is 5.11. The van der Waals surface area contributed by atoms with Crippen LogP contribution in [0, 0.1) is 5.92 Å². The maximum absolute atomic E-state index is 11.5. The van der Waals surface area contributed by atoms with Gasteiger partial charge in [-0.25, -0.2) is 4.79 Å². The first-order chi connectivity index (χ1) is 11.3. The summed E-state index contributed by atoms with van der Waals surface area (Å²) in [5, 5.41) is 4.13. The van der Waals surface area contributed by atoms with Crippen molar-refractivity contribution in [3.8, 4) is 0 Å². The van der Waals surface area contributed by atoms with E-state index in [1.54, 1.807) is 4.90 Å². The van der Waals surface area contributed by atoms with E-state index in [-0.39, 0.29) is 18.1 Å². The number of rotatable bonds is 3. The Hall–Kier alpha value is -1.50. The van der Waals surface area contributed by atoms with Crippen molar-refractivity contribution < 1.29 is 19.1 Å². The predicted octanol–water partition coefficient (Wildman–Crippen LogP) is 1.68. The Morgan fingerprint density at radius 2 is 1.96 bits per heavy atom. The van der Waals surface area contributed by atoms with E-state index in [0.29, 0.717) is 25.6 Å². The summed E-state index contributed by atoms with van der Waals surface area (Å²) in [5.74, 6) is 0.947. The minimum absolute atomic E-state index is 0.0687. The summed E-state index contributed by atoms with van der Waals surface area (Å²) in [5.41, 5.74) is 0. The normalized spacial score (nSPS) is 26.9. The molecule has 0 aliphatic carbocycles. The van der Waals surface area contributed by atoms with Gasteiger partial charge in [0, 0.05) is 25.6 Å². The average molecular weight is 325 g/mol. The second kappa shape index (κ2) is 7.86. The summed E-state index contributed by atoms with van der Waals surface area (Å²) in [4.78, 5) is 21.1. The number of hydrogen-bond acceptors (Lipinski definition) is 6. The minimum atomic E-state index is -0.255. The van der Waals surface area contributed by atoms with Crippen molar-refractivity contribution in [1.82, 2.24) is 9.80 Å². The number of nitrogens with zero attached hydrogens (tertiary/aromatic N) is 3.